The van der Waals surface area contributed by atoms with E-state index in [0.717, 1.165) is 23.3 Å². The monoisotopic (exact) mass is 348 g/mol. The first-order valence-electron chi connectivity index (χ1n) is 6.91. The summed E-state index contributed by atoms with van der Waals surface area (Å²) in [6.07, 6.45) is 0. The lowest BCUT2D eigenvalue weighted by atomic mass is 10.1. The van der Waals surface area contributed by atoms with Gasteiger partial charge in [0.15, 0.2) is 0 Å². The first-order chi connectivity index (χ1) is 10.1. The molecule has 0 aliphatic carbocycles. The summed E-state index contributed by atoms with van der Waals surface area (Å²) in [5.74, 6) is 0.895. The summed E-state index contributed by atoms with van der Waals surface area (Å²) in [4.78, 5) is 2.22. The van der Waals surface area contributed by atoms with Crippen LogP contribution in [-0.2, 0) is 13.1 Å². The van der Waals surface area contributed by atoms with Crippen LogP contribution in [0.15, 0.2) is 46.9 Å². The molecule has 0 bridgehead atoms. The van der Waals surface area contributed by atoms with E-state index in [4.69, 9.17) is 4.74 Å². The number of hydrogen-bond donors (Lipinski definition) is 1. The summed E-state index contributed by atoms with van der Waals surface area (Å²) in [5, 5.41) is 3.17. The molecule has 0 heterocycles. The molecular formula is C17H21BrN2O. The average molecular weight is 349 g/mol. The van der Waals surface area contributed by atoms with Crippen molar-refractivity contribution in [1.29, 1.82) is 0 Å². The molecule has 112 valence electrons. The van der Waals surface area contributed by atoms with Crippen molar-refractivity contribution in [2.45, 2.75) is 13.1 Å². The first kappa shape index (κ1) is 15.9. The highest BCUT2D eigenvalue weighted by Gasteiger charge is 2.06. The van der Waals surface area contributed by atoms with Gasteiger partial charge in [-0.3, -0.25) is 0 Å². The van der Waals surface area contributed by atoms with Gasteiger partial charge in [-0.25, -0.2) is 0 Å². The maximum atomic E-state index is 5.27. The minimum Gasteiger partial charge on any atom is -0.497 e. The number of anilines is 1. The molecule has 0 spiro atoms. The van der Waals surface area contributed by atoms with E-state index in [2.05, 4.69) is 63.5 Å². The average Bonchev–Trinajstić information content (AvgIpc) is 2.49. The third-order valence-corrected chi connectivity index (χ3v) is 4.14. The standard InChI is InChI=1S/C17H21BrN2O/c1-19-11-14-7-8-15(10-17(14)18)20(2)12-13-5-4-6-16(9-13)21-3/h4-10,19H,11-12H2,1-3H3. The first-order valence-corrected chi connectivity index (χ1v) is 7.70. The van der Waals surface area contributed by atoms with Gasteiger partial charge in [-0.1, -0.05) is 34.1 Å². The fraction of sp³-hybridized carbons (Fsp3) is 0.294. The van der Waals surface area contributed by atoms with Crippen molar-refractivity contribution in [3.05, 3.63) is 58.1 Å². The molecule has 0 aliphatic heterocycles. The fourth-order valence-corrected chi connectivity index (χ4v) is 2.75. The minimum atomic E-state index is 0.842. The second-order valence-corrected chi connectivity index (χ2v) is 5.87. The molecule has 0 saturated carbocycles. The Morgan fingerprint density at radius 3 is 2.67 bits per heavy atom. The molecule has 0 fully saturated rings. The Morgan fingerprint density at radius 2 is 2.00 bits per heavy atom. The van der Waals surface area contributed by atoms with Gasteiger partial charge < -0.3 is 15.0 Å². The molecule has 3 nitrogen and oxygen atoms in total. The zero-order valence-electron chi connectivity index (χ0n) is 12.7. The Labute approximate surface area is 135 Å². The zero-order valence-corrected chi connectivity index (χ0v) is 14.3. The van der Waals surface area contributed by atoms with Crippen molar-refractivity contribution < 1.29 is 4.74 Å². The lowest BCUT2D eigenvalue weighted by Gasteiger charge is -2.21. The smallest absolute Gasteiger partial charge is 0.119 e. The summed E-state index contributed by atoms with van der Waals surface area (Å²) >= 11 is 3.64. The van der Waals surface area contributed by atoms with E-state index in [9.17, 15) is 0 Å². The van der Waals surface area contributed by atoms with Crippen LogP contribution < -0.4 is 15.0 Å². The van der Waals surface area contributed by atoms with Crippen molar-refractivity contribution in [2.75, 3.05) is 26.1 Å². The molecule has 2 rings (SSSR count). The zero-order chi connectivity index (χ0) is 15.2. The van der Waals surface area contributed by atoms with Crippen LogP contribution >= 0.6 is 15.9 Å². The Kier molecular flexibility index (Phi) is 5.65. The van der Waals surface area contributed by atoms with Crippen LogP contribution in [0.1, 0.15) is 11.1 Å². The lowest BCUT2D eigenvalue weighted by molar-refractivity contribution is 0.414. The topological polar surface area (TPSA) is 24.5 Å². The number of nitrogens with zero attached hydrogens (tertiary/aromatic N) is 1. The van der Waals surface area contributed by atoms with Gasteiger partial charge in [-0.2, -0.15) is 0 Å². The number of nitrogens with one attached hydrogen (secondary N) is 1. The number of hydrogen-bond acceptors (Lipinski definition) is 3. The Morgan fingerprint density at radius 1 is 1.19 bits per heavy atom. The molecule has 2 aromatic carbocycles. The summed E-state index contributed by atoms with van der Waals surface area (Å²) in [5.41, 5.74) is 3.67. The van der Waals surface area contributed by atoms with Gasteiger partial charge in [-0.05, 0) is 42.4 Å². The normalized spacial score (nSPS) is 10.5. The Hall–Kier alpha value is -1.52. The third kappa shape index (κ3) is 4.22. The van der Waals surface area contributed by atoms with E-state index in [-0.39, 0.29) is 0 Å². The maximum absolute atomic E-state index is 5.27. The predicted molar refractivity (Wildman–Crippen MR) is 92.0 cm³/mol. The predicted octanol–water partition coefficient (Wildman–Crippen LogP) is 3.81. The number of benzene rings is 2. The second-order valence-electron chi connectivity index (χ2n) is 5.01. The van der Waals surface area contributed by atoms with Gasteiger partial charge in [0.05, 0.1) is 7.11 Å². The summed E-state index contributed by atoms with van der Waals surface area (Å²) < 4.78 is 6.40. The van der Waals surface area contributed by atoms with Gasteiger partial charge in [0.1, 0.15) is 5.75 Å². The highest BCUT2D eigenvalue weighted by Crippen LogP contribution is 2.25. The quantitative estimate of drug-likeness (QED) is 0.858. The second kappa shape index (κ2) is 7.48. The van der Waals surface area contributed by atoms with Crippen LogP contribution in [-0.4, -0.2) is 21.2 Å². The number of methoxy groups -OCH3 is 1. The van der Waals surface area contributed by atoms with E-state index in [1.165, 1.54) is 16.8 Å². The molecule has 2 aromatic rings. The molecule has 0 unspecified atom stereocenters. The molecule has 0 amide bonds. The molecule has 4 heteroatoms. The van der Waals surface area contributed by atoms with Crippen molar-refractivity contribution in [2.24, 2.45) is 0 Å². The molecule has 0 radical (unpaired) electrons. The number of ether oxygens (including phenoxy) is 1. The van der Waals surface area contributed by atoms with E-state index >= 15 is 0 Å². The van der Waals surface area contributed by atoms with E-state index in [1.807, 2.05) is 19.2 Å². The van der Waals surface area contributed by atoms with Crippen molar-refractivity contribution in [1.82, 2.24) is 5.32 Å². The molecule has 0 saturated heterocycles. The highest BCUT2D eigenvalue weighted by atomic mass is 79.9. The van der Waals surface area contributed by atoms with Crippen LogP contribution in [0.25, 0.3) is 0 Å². The van der Waals surface area contributed by atoms with E-state index < -0.39 is 0 Å². The summed E-state index contributed by atoms with van der Waals surface area (Å²) in [7, 11) is 5.74. The lowest BCUT2D eigenvalue weighted by Crippen LogP contribution is -2.16. The molecular weight excluding hydrogens is 328 g/mol. The summed E-state index contributed by atoms with van der Waals surface area (Å²) in [6, 6.07) is 14.6. The minimum absolute atomic E-state index is 0.842. The molecule has 0 atom stereocenters. The van der Waals surface area contributed by atoms with Crippen LogP contribution in [0.2, 0.25) is 0 Å². The van der Waals surface area contributed by atoms with Gasteiger partial charge >= 0.3 is 0 Å². The summed E-state index contributed by atoms with van der Waals surface area (Å²) in [6.45, 7) is 1.70. The Balaban J connectivity index is 2.12. The van der Waals surface area contributed by atoms with Gasteiger partial charge in [-0.15, -0.1) is 0 Å². The van der Waals surface area contributed by atoms with Crippen LogP contribution in [0.4, 0.5) is 5.69 Å². The van der Waals surface area contributed by atoms with Gasteiger partial charge in [0, 0.05) is 30.3 Å². The number of halogens is 1. The Bertz CT molecular complexity index is 601. The maximum Gasteiger partial charge on any atom is 0.119 e. The SMILES string of the molecule is CNCc1ccc(N(C)Cc2cccc(OC)c2)cc1Br. The van der Waals surface area contributed by atoms with Crippen molar-refractivity contribution >= 4 is 21.6 Å². The number of rotatable bonds is 6. The van der Waals surface area contributed by atoms with Gasteiger partial charge in [0.25, 0.3) is 0 Å². The van der Waals surface area contributed by atoms with Crippen molar-refractivity contribution in [3.63, 3.8) is 0 Å². The van der Waals surface area contributed by atoms with Crippen molar-refractivity contribution in [3.8, 4) is 5.75 Å². The largest absolute Gasteiger partial charge is 0.497 e. The van der Waals surface area contributed by atoms with Crippen LogP contribution in [0.3, 0.4) is 0 Å². The van der Waals surface area contributed by atoms with E-state index in [1.54, 1.807) is 7.11 Å². The fourth-order valence-electron chi connectivity index (χ4n) is 2.24. The third-order valence-electron chi connectivity index (χ3n) is 3.40. The highest BCUT2D eigenvalue weighted by molar-refractivity contribution is 9.10. The molecule has 21 heavy (non-hydrogen) atoms. The van der Waals surface area contributed by atoms with Crippen LogP contribution in [0, 0.1) is 0 Å². The van der Waals surface area contributed by atoms with Gasteiger partial charge in [0.2, 0.25) is 0 Å². The van der Waals surface area contributed by atoms with E-state index in [0.29, 0.717) is 0 Å². The molecule has 1 N–H and O–H groups in total. The molecule has 0 aliphatic rings. The van der Waals surface area contributed by atoms with Crippen LogP contribution in [0.5, 0.6) is 5.75 Å². The molecule has 0 aromatic heterocycles.